The Balaban J connectivity index is 1.98. The minimum absolute atomic E-state index is 0.0716. The lowest BCUT2D eigenvalue weighted by Crippen LogP contribution is -1.93. The lowest BCUT2D eigenvalue weighted by Gasteiger charge is -2.05. The number of aromatic nitrogens is 3. The van der Waals surface area contributed by atoms with E-state index in [1.54, 1.807) is 36.7 Å². The molecule has 4 nitrogen and oxygen atoms in total. The highest BCUT2D eigenvalue weighted by atomic mass is 32.2. The summed E-state index contributed by atoms with van der Waals surface area (Å²) in [5.41, 5.74) is 9.27. The topological polar surface area (TPSA) is 56.7 Å². The zero-order valence-corrected chi connectivity index (χ0v) is 13.7. The number of pyridine rings is 2. The molecule has 3 heterocycles. The summed E-state index contributed by atoms with van der Waals surface area (Å²) in [6.07, 6.45) is 3.18. The van der Waals surface area contributed by atoms with E-state index in [0.29, 0.717) is 17.2 Å². The average Bonchev–Trinajstić information content (AvgIpc) is 3.01. The van der Waals surface area contributed by atoms with Crippen molar-refractivity contribution < 1.29 is 8.28 Å². The third-order valence-corrected chi connectivity index (χ3v) is 4.47. The van der Waals surface area contributed by atoms with Gasteiger partial charge in [0, 0.05) is 23.3 Å². The van der Waals surface area contributed by atoms with Crippen LogP contribution in [0.1, 0.15) is 0 Å². The van der Waals surface area contributed by atoms with Crippen LogP contribution in [0.3, 0.4) is 0 Å². The maximum atomic E-state index is 13.7. The summed E-state index contributed by atoms with van der Waals surface area (Å²) >= 11 is 0.0716. The third-order valence-electron chi connectivity index (χ3n) is 3.96. The van der Waals surface area contributed by atoms with Crippen LogP contribution in [0.4, 0.5) is 14.1 Å². The Morgan fingerprint density at radius 3 is 2.40 bits per heavy atom. The van der Waals surface area contributed by atoms with E-state index >= 15 is 0 Å². The van der Waals surface area contributed by atoms with Crippen LogP contribution in [0, 0.1) is 5.82 Å². The number of nitrogen functional groups attached to an aromatic ring is 1. The molecule has 0 aliphatic carbocycles. The van der Waals surface area contributed by atoms with Crippen LogP contribution >= 0.6 is 12.3 Å². The number of hydrogen-bond acceptors (Lipinski definition) is 4. The van der Waals surface area contributed by atoms with Crippen LogP contribution < -0.4 is 5.73 Å². The van der Waals surface area contributed by atoms with Crippen molar-refractivity contribution in [3.63, 3.8) is 0 Å². The van der Waals surface area contributed by atoms with Gasteiger partial charge in [-0.1, -0.05) is 12.1 Å². The fourth-order valence-electron chi connectivity index (χ4n) is 2.84. The van der Waals surface area contributed by atoms with Crippen LogP contribution in [0.25, 0.3) is 33.4 Å². The Bertz CT molecular complexity index is 1060. The monoisotopic (exact) mass is 354 g/mol. The molecule has 1 aromatic carbocycles. The van der Waals surface area contributed by atoms with Crippen LogP contribution in [-0.4, -0.2) is 13.9 Å². The van der Waals surface area contributed by atoms with Gasteiger partial charge in [-0.25, -0.2) is 18.3 Å². The molecule has 7 heteroatoms. The predicted octanol–water partition coefficient (Wildman–Crippen LogP) is 4.87. The lowest BCUT2D eigenvalue weighted by atomic mass is 10.0. The molecule has 3 aromatic heterocycles. The van der Waals surface area contributed by atoms with E-state index in [0.717, 1.165) is 22.1 Å². The first-order chi connectivity index (χ1) is 12.2. The maximum Gasteiger partial charge on any atom is 0.171 e. The van der Waals surface area contributed by atoms with Gasteiger partial charge in [-0.3, -0.25) is 0 Å². The van der Waals surface area contributed by atoms with Gasteiger partial charge in [-0.15, -0.1) is 3.89 Å². The van der Waals surface area contributed by atoms with Crippen molar-refractivity contribution in [2.75, 3.05) is 5.73 Å². The van der Waals surface area contributed by atoms with Crippen molar-refractivity contribution in [3.8, 4) is 22.4 Å². The highest BCUT2D eigenvalue weighted by molar-refractivity contribution is 7.93. The number of benzene rings is 1. The van der Waals surface area contributed by atoms with Crippen molar-refractivity contribution in [2.45, 2.75) is 0 Å². The largest absolute Gasteiger partial charge is 0.384 e. The first-order valence-corrected chi connectivity index (χ1v) is 8.12. The second-order valence-electron chi connectivity index (χ2n) is 5.47. The first kappa shape index (κ1) is 15.6. The summed E-state index contributed by atoms with van der Waals surface area (Å²) in [6.45, 7) is 0. The Morgan fingerprint density at radius 1 is 0.920 bits per heavy atom. The van der Waals surface area contributed by atoms with Crippen molar-refractivity contribution in [3.05, 3.63) is 66.7 Å². The minimum atomic E-state index is -0.307. The van der Waals surface area contributed by atoms with Crippen molar-refractivity contribution in [1.82, 2.24) is 13.9 Å². The first-order valence-electron chi connectivity index (χ1n) is 7.45. The number of nitrogens with two attached hydrogens (primary N) is 1. The minimum Gasteiger partial charge on any atom is -0.384 e. The molecule has 25 heavy (non-hydrogen) atoms. The SMILES string of the molecule is Nc1cc(-c2cc3c(-c4ccc(F)cc4)ccnc3n2SF)ccn1. The second-order valence-corrected chi connectivity index (χ2v) is 5.97. The average molecular weight is 354 g/mol. The predicted molar refractivity (Wildman–Crippen MR) is 96.9 cm³/mol. The second kappa shape index (κ2) is 6.18. The van der Waals surface area contributed by atoms with Gasteiger partial charge in [0.05, 0.1) is 5.69 Å². The number of anilines is 1. The molecule has 2 N–H and O–H groups in total. The Hall–Kier alpha value is -2.93. The fourth-order valence-corrected chi connectivity index (χ4v) is 3.28. The molecule has 0 saturated carbocycles. The van der Waals surface area contributed by atoms with Crippen molar-refractivity contribution in [1.29, 1.82) is 0 Å². The molecule has 124 valence electrons. The third kappa shape index (κ3) is 2.72. The smallest absolute Gasteiger partial charge is 0.171 e. The maximum absolute atomic E-state index is 13.7. The molecule has 0 saturated heterocycles. The molecular formula is C18H12F2N4S. The molecule has 0 unspecified atom stereocenters. The summed E-state index contributed by atoms with van der Waals surface area (Å²) in [5, 5.41) is 0.768. The molecule has 0 aliphatic rings. The summed E-state index contributed by atoms with van der Waals surface area (Å²) < 4.78 is 28.3. The van der Waals surface area contributed by atoms with Crippen LogP contribution in [0.5, 0.6) is 0 Å². The molecule has 0 amide bonds. The van der Waals surface area contributed by atoms with E-state index in [-0.39, 0.29) is 18.2 Å². The number of halogens is 2. The van der Waals surface area contributed by atoms with Gasteiger partial charge in [0.1, 0.15) is 11.6 Å². The Labute approximate surface area is 146 Å². The number of rotatable bonds is 3. The molecule has 0 radical (unpaired) electrons. The quantitative estimate of drug-likeness (QED) is 0.570. The summed E-state index contributed by atoms with van der Waals surface area (Å²) in [4.78, 5) is 8.27. The van der Waals surface area contributed by atoms with E-state index in [1.165, 1.54) is 16.1 Å². The lowest BCUT2D eigenvalue weighted by molar-refractivity contribution is 0.628. The standard InChI is InChI=1S/C18H12F2N4S/c19-13-3-1-11(2-4-13)14-6-8-23-18-15(14)10-16(24(18)25-20)12-5-7-22-17(21)9-12/h1-10H,(H2,21,22). The van der Waals surface area contributed by atoms with Gasteiger partial charge in [-0.05, 0) is 47.5 Å². The van der Waals surface area contributed by atoms with Crippen molar-refractivity contribution >= 4 is 29.2 Å². The van der Waals surface area contributed by atoms with Crippen molar-refractivity contribution in [2.24, 2.45) is 0 Å². The van der Waals surface area contributed by atoms with E-state index in [4.69, 9.17) is 5.73 Å². The van der Waals surface area contributed by atoms with Gasteiger partial charge in [0.2, 0.25) is 0 Å². The molecule has 0 bridgehead atoms. The molecule has 4 aromatic rings. The number of nitrogens with zero attached hydrogens (tertiary/aromatic N) is 3. The Morgan fingerprint density at radius 2 is 1.68 bits per heavy atom. The van der Waals surface area contributed by atoms with Crippen LogP contribution in [0.15, 0.2) is 60.9 Å². The number of fused-ring (bicyclic) bond motifs is 1. The van der Waals surface area contributed by atoms with Gasteiger partial charge >= 0.3 is 0 Å². The van der Waals surface area contributed by atoms with Crippen LogP contribution in [-0.2, 0) is 0 Å². The van der Waals surface area contributed by atoms with E-state index < -0.39 is 0 Å². The zero-order chi connectivity index (χ0) is 17.4. The molecule has 4 rings (SSSR count). The number of hydrogen-bond donors (Lipinski definition) is 1. The zero-order valence-electron chi connectivity index (χ0n) is 12.9. The molecule has 0 spiro atoms. The Kier molecular flexibility index (Phi) is 3.85. The molecule has 0 aliphatic heterocycles. The van der Waals surface area contributed by atoms with E-state index in [2.05, 4.69) is 9.97 Å². The van der Waals surface area contributed by atoms with Gasteiger partial charge in [0.15, 0.2) is 18.0 Å². The highest BCUT2D eigenvalue weighted by Gasteiger charge is 2.16. The molecular weight excluding hydrogens is 342 g/mol. The molecule has 0 fully saturated rings. The van der Waals surface area contributed by atoms with E-state index in [9.17, 15) is 8.28 Å². The summed E-state index contributed by atoms with van der Waals surface area (Å²) in [7, 11) is 0. The highest BCUT2D eigenvalue weighted by Crippen LogP contribution is 2.36. The summed E-state index contributed by atoms with van der Waals surface area (Å²) in [6, 6.07) is 13.3. The normalized spacial score (nSPS) is 11.1. The fraction of sp³-hybridized carbons (Fsp3) is 0. The van der Waals surface area contributed by atoms with Gasteiger partial charge in [-0.2, -0.15) is 0 Å². The molecule has 0 atom stereocenters. The van der Waals surface area contributed by atoms with E-state index in [1.807, 2.05) is 12.1 Å². The van der Waals surface area contributed by atoms with Crippen LogP contribution in [0.2, 0.25) is 0 Å². The van der Waals surface area contributed by atoms with Gasteiger partial charge < -0.3 is 5.73 Å². The van der Waals surface area contributed by atoms with Gasteiger partial charge in [0.25, 0.3) is 0 Å². The summed E-state index contributed by atoms with van der Waals surface area (Å²) in [5.74, 6) is 0.0452.